The summed E-state index contributed by atoms with van der Waals surface area (Å²) in [4.78, 5) is 12.1. The third kappa shape index (κ3) is 2.36. The molecule has 2 aliphatic rings. The Labute approximate surface area is 112 Å². The van der Waals surface area contributed by atoms with Crippen LogP contribution in [0.5, 0.6) is 0 Å². The molecule has 3 rings (SSSR count). The number of rotatable bonds is 2. The molecule has 1 aromatic rings. The Morgan fingerprint density at radius 2 is 2.11 bits per heavy atom. The molecule has 2 N–H and O–H groups in total. The Kier molecular flexibility index (Phi) is 2.85. The molecule has 6 heteroatoms. The molecule has 0 spiro atoms. The van der Waals surface area contributed by atoms with E-state index in [0.29, 0.717) is 23.4 Å². The van der Waals surface area contributed by atoms with E-state index in [1.807, 2.05) is 20.8 Å². The van der Waals surface area contributed by atoms with Crippen LogP contribution in [-0.4, -0.2) is 40.1 Å². The van der Waals surface area contributed by atoms with Gasteiger partial charge in [-0.1, -0.05) is 0 Å². The number of carbonyl (C=O) groups is 1. The summed E-state index contributed by atoms with van der Waals surface area (Å²) in [5.41, 5.74) is 0.632. The van der Waals surface area contributed by atoms with Gasteiger partial charge in [-0.2, -0.15) is 10.3 Å². The molecule has 2 heterocycles. The number of esters is 1. The molecular formula is C13H20N4O2. The van der Waals surface area contributed by atoms with Crippen LogP contribution in [0.15, 0.2) is 0 Å². The van der Waals surface area contributed by atoms with Gasteiger partial charge in [0.1, 0.15) is 11.3 Å². The molecule has 2 fully saturated rings. The first-order valence-electron chi connectivity index (χ1n) is 6.82. The fraction of sp³-hybridized carbons (Fsp3) is 0.769. The van der Waals surface area contributed by atoms with Gasteiger partial charge in [-0.25, -0.2) is 4.79 Å². The van der Waals surface area contributed by atoms with Crippen molar-refractivity contribution in [3.05, 3.63) is 11.4 Å². The van der Waals surface area contributed by atoms with Gasteiger partial charge in [0.05, 0.1) is 0 Å². The molecule has 1 aliphatic heterocycles. The second kappa shape index (κ2) is 4.30. The summed E-state index contributed by atoms with van der Waals surface area (Å²) in [6, 6.07) is 0. The van der Waals surface area contributed by atoms with E-state index in [4.69, 9.17) is 4.74 Å². The Morgan fingerprint density at radius 3 is 2.74 bits per heavy atom. The second-order valence-electron chi connectivity index (χ2n) is 6.41. The number of nitrogens with one attached hydrogen (secondary N) is 2. The predicted octanol–water partition coefficient (Wildman–Crippen LogP) is 1.08. The van der Waals surface area contributed by atoms with Gasteiger partial charge in [0.25, 0.3) is 0 Å². The van der Waals surface area contributed by atoms with Crippen LogP contribution in [0.25, 0.3) is 0 Å². The molecule has 3 unspecified atom stereocenters. The van der Waals surface area contributed by atoms with Crippen LogP contribution >= 0.6 is 0 Å². The van der Waals surface area contributed by atoms with Crippen molar-refractivity contribution in [1.82, 2.24) is 20.7 Å². The smallest absolute Gasteiger partial charge is 0.361 e. The van der Waals surface area contributed by atoms with Gasteiger partial charge >= 0.3 is 5.97 Å². The number of carbonyl (C=O) groups excluding carboxylic acids is 1. The van der Waals surface area contributed by atoms with Crippen molar-refractivity contribution in [2.75, 3.05) is 13.1 Å². The van der Waals surface area contributed by atoms with Crippen molar-refractivity contribution in [2.45, 2.75) is 38.7 Å². The van der Waals surface area contributed by atoms with Crippen LogP contribution in [-0.2, 0) is 4.74 Å². The summed E-state index contributed by atoms with van der Waals surface area (Å²) in [6.07, 6.45) is 1.15. The standard InChI is InChI=1S/C13H20N4O2/c1-13(2,3)19-12(18)11-10(15-17-16-11)9-7-4-5-14-6-8(7)9/h7-9,14H,4-6H2,1-3H3,(H,15,16,17). The van der Waals surface area contributed by atoms with Crippen LogP contribution in [0.2, 0.25) is 0 Å². The Bertz CT molecular complexity index is 479. The minimum Gasteiger partial charge on any atom is -0.455 e. The fourth-order valence-corrected chi connectivity index (χ4v) is 3.01. The average molecular weight is 264 g/mol. The molecular weight excluding hydrogens is 244 g/mol. The number of hydrogen-bond acceptors (Lipinski definition) is 5. The average Bonchev–Trinajstić information content (AvgIpc) is 2.83. The highest BCUT2D eigenvalue weighted by atomic mass is 16.6. The number of aromatic amines is 1. The molecule has 0 bridgehead atoms. The Balaban J connectivity index is 1.78. The number of ether oxygens (including phenoxy) is 1. The van der Waals surface area contributed by atoms with Crippen LogP contribution in [0.4, 0.5) is 0 Å². The predicted molar refractivity (Wildman–Crippen MR) is 68.8 cm³/mol. The molecule has 6 nitrogen and oxygen atoms in total. The van der Waals surface area contributed by atoms with E-state index in [0.717, 1.165) is 25.2 Å². The quantitative estimate of drug-likeness (QED) is 0.781. The van der Waals surface area contributed by atoms with Crippen molar-refractivity contribution in [3.8, 4) is 0 Å². The Hall–Kier alpha value is -1.43. The van der Waals surface area contributed by atoms with E-state index in [2.05, 4.69) is 20.7 Å². The molecule has 0 aromatic carbocycles. The van der Waals surface area contributed by atoms with Gasteiger partial charge in [-0.05, 0) is 52.1 Å². The van der Waals surface area contributed by atoms with E-state index in [1.54, 1.807) is 0 Å². The number of H-pyrrole nitrogens is 1. The van der Waals surface area contributed by atoms with Gasteiger partial charge in [-0.15, -0.1) is 5.10 Å². The second-order valence-corrected chi connectivity index (χ2v) is 6.41. The first-order chi connectivity index (χ1) is 8.97. The topological polar surface area (TPSA) is 79.9 Å². The van der Waals surface area contributed by atoms with Crippen molar-refractivity contribution < 1.29 is 9.53 Å². The highest BCUT2D eigenvalue weighted by molar-refractivity contribution is 5.89. The van der Waals surface area contributed by atoms with Gasteiger partial charge < -0.3 is 10.1 Å². The molecule has 19 heavy (non-hydrogen) atoms. The monoisotopic (exact) mass is 264 g/mol. The summed E-state index contributed by atoms with van der Waals surface area (Å²) >= 11 is 0. The molecule has 1 aromatic heterocycles. The molecule has 1 aliphatic carbocycles. The maximum atomic E-state index is 12.1. The molecule has 0 amide bonds. The largest absolute Gasteiger partial charge is 0.455 e. The zero-order valence-electron chi connectivity index (χ0n) is 11.6. The van der Waals surface area contributed by atoms with E-state index in [1.165, 1.54) is 0 Å². The van der Waals surface area contributed by atoms with Crippen molar-refractivity contribution in [2.24, 2.45) is 11.8 Å². The van der Waals surface area contributed by atoms with Gasteiger partial charge in [-0.3, -0.25) is 0 Å². The number of hydrogen-bond donors (Lipinski definition) is 2. The lowest BCUT2D eigenvalue weighted by atomic mass is 10.1. The maximum absolute atomic E-state index is 12.1. The normalized spacial score (nSPS) is 29.7. The van der Waals surface area contributed by atoms with Crippen LogP contribution in [0, 0.1) is 11.8 Å². The maximum Gasteiger partial charge on any atom is 0.361 e. The molecule has 104 valence electrons. The minimum absolute atomic E-state index is 0.356. The third-order valence-corrected chi connectivity index (χ3v) is 3.85. The van der Waals surface area contributed by atoms with Crippen molar-refractivity contribution in [1.29, 1.82) is 0 Å². The van der Waals surface area contributed by atoms with Crippen LogP contribution < -0.4 is 5.32 Å². The summed E-state index contributed by atoms with van der Waals surface area (Å²) < 4.78 is 5.38. The summed E-state index contributed by atoms with van der Waals surface area (Å²) in [7, 11) is 0. The lowest BCUT2D eigenvalue weighted by Gasteiger charge is -2.18. The number of nitrogens with zero attached hydrogens (tertiary/aromatic N) is 2. The minimum atomic E-state index is -0.509. The van der Waals surface area contributed by atoms with E-state index >= 15 is 0 Å². The first kappa shape index (κ1) is 12.6. The van der Waals surface area contributed by atoms with Gasteiger partial charge in [0.15, 0.2) is 5.69 Å². The lowest BCUT2D eigenvalue weighted by Crippen LogP contribution is -2.25. The third-order valence-electron chi connectivity index (χ3n) is 3.85. The number of piperidine rings is 1. The number of aromatic nitrogens is 3. The van der Waals surface area contributed by atoms with Crippen molar-refractivity contribution >= 4 is 5.97 Å². The summed E-state index contributed by atoms with van der Waals surface area (Å²) in [6.45, 7) is 7.62. The van der Waals surface area contributed by atoms with E-state index < -0.39 is 5.60 Å². The van der Waals surface area contributed by atoms with Gasteiger partial charge in [0.2, 0.25) is 0 Å². The molecule has 1 saturated carbocycles. The lowest BCUT2D eigenvalue weighted by molar-refractivity contribution is 0.00614. The number of fused-ring (bicyclic) bond motifs is 1. The summed E-state index contributed by atoms with van der Waals surface area (Å²) in [5, 5.41) is 14.1. The van der Waals surface area contributed by atoms with E-state index in [-0.39, 0.29) is 5.97 Å². The zero-order chi connectivity index (χ0) is 13.6. The fourth-order valence-electron chi connectivity index (χ4n) is 3.01. The van der Waals surface area contributed by atoms with Gasteiger partial charge in [0, 0.05) is 5.92 Å². The summed E-state index contributed by atoms with van der Waals surface area (Å²) in [5.74, 6) is 1.22. The molecule has 0 radical (unpaired) electrons. The molecule has 3 atom stereocenters. The highest BCUT2D eigenvalue weighted by Crippen LogP contribution is 2.56. The van der Waals surface area contributed by atoms with Crippen molar-refractivity contribution in [3.63, 3.8) is 0 Å². The van der Waals surface area contributed by atoms with Crippen LogP contribution in [0.3, 0.4) is 0 Å². The highest BCUT2D eigenvalue weighted by Gasteiger charge is 2.54. The SMILES string of the molecule is CC(C)(C)OC(=O)c1n[nH]nc1C1C2CCNCC21. The molecule has 1 saturated heterocycles. The zero-order valence-corrected chi connectivity index (χ0v) is 11.6. The Morgan fingerprint density at radius 1 is 1.32 bits per heavy atom. The first-order valence-corrected chi connectivity index (χ1v) is 6.82. The van der Waals surface area contributed by atoms with Crippen LogP contribution in [0.1, 0.15) is 49.3 Å². The van der Waals surface area contributed by atoms with E-state index in [9.17, 15) is 4.79 Å².